The Labute approximate surface area is 113 Å². The van der Waals surface area contributed by atoms with Gasteiger partial charge in [0.2, 0.25) is 11.9 Å². The van der Waals surface area contributed by atoms with Gasteiger partial charge in [-0.1, -0.05) is 12.1 Å². The smallest absolute Gasteiger partial charge is 0.231 e. The van der Waals surface area contributed by atoms with Crippen LogP contribution in [0.25, 0.3) is 0 Å². The average Bonchev–Trinajstić information content (AvgIpc) is 2.80. The first-order chi connectivity index (χ1) is 9.62. The zero-order chi connectivity index (χ0) is 14.5. The molecule has 0 aliphatic heterocycles. The van der Waals surface area contributed by atoms with Crippen LogP contribution in [-0.2, 0) is 11.2 Å². The van der Waals surface area contributed by atoms with Gasteiger partial charge >= 0.3 is 0 Å². The quantitative estimate of drug-likeness (QED) is 0.880. The van der Waals surface area contributed by atoms with E-state index in [1.165, 1.54) is 18.2 Å². The van der Waals surface area contributed by atoms with Crippen LogP contribution < -0.4 is 5.32 Å². The highest BCUT2D eigenvalue weighted by Crippen LogP contribution is 2.09. The number of hydrogen-bond acceptors (Lipinski definition) is 4. The van der Waals surface area contributed by atoms with Gasteiger partial charge in [0.25, 0.3) is 0 Å². The number of imidazole rings is 1. The number of H-pyrrole nitrogens is 1. The Balaban J connectivity index is 2.07. The molecule has 0 unspecified atom stereocenters. The van der Waals surface area contributed by atoms with Crippen molar-refractivity contribution < 1.29 is 9.18 Å². The number of carbonyl (C=O) groups excluding carboxylic acids is 1. The van der Waals surface area contributed by atoms with E-state index < -0.39 is 11.7 Å². The third kappa shape index (κ3) is 2.98. The van der Waals surface area contributed by atoms with Gasteiger partial charge in [-0.15, -0.1) is 0 Å². The molecule has 0 fully saturated rings. The van der Waals surface area contributed by atoms with Crippen LogP contribution in [0.5, 0.6) is 0 Å². The Hall–Kier alpha value is -3.19. The van der Waals surface area contributed by atoms with Gasteiger partial charge in [-0.05, 0) is 17.7 Å². The molecule has 0 spiro atoms. The number of aromatic amines is 1. The van der Waals surface area contributed by atoms with E-state index in [4.69, 9.17) is 10.5 Å². The number of halogens is 1. The van der Waals surface area contributed by atoms with Crippen molar-refractivity contribution in [2.45, 2.75) is 6.42 Å². The highest BCUT2D eigenvalue weighted by Gasteiger charge is 2.12. The number of aromatic nitrogens is 2. The van der Waals surface area contributed by atoms with E-state index in [0.29, 0.717) is 5.56 Å². The zero-order valence-corrected chi connectivity index (χ0v) is 10.1. The number of rotatable bonds is 3. The SMILES string of the molecule is N#Cc1nc(NC(=O)Cc2cccc(F)c2)[nH]c1C#N. The maximum atomic E-state index is 13.0. The Morgan fingerprint density at radius 2 is 2.20 bits per heavy atom. The van der Waals surface area contributed by atoms with Crippen molar-refractivity contribution in [2.24, 2.45) is 0 Å². The molecule has 2 N–H and O–H groups in total. The van der Waals surface area contributed by atoms with E-state index in [1.54, 1.807) is 18.2 Å². The summed E-state index contributed by atoms with van der Waals surface area (Å²) in [4.78, 5) is 18.0. The van der Waals surface area contributed by atoms with Crippen molar-refractivity contribution in [3.63, 3.8) is 0 Å². The van der Waals surface area contributed by atoms with Crippen molar-refractivity contribution >= 4 is 11.9 Å². The Morgan fingerprint density at radius 1 is 1.40 bits per heavy atom. The molecule has 20 heavy (non-hydrogen) atoms. The van der Waals surface area contributed by atoms with Gasteiger partial charge < -0.3 is 4.98 Å². The van der Waals surface area contributed by atoms with Crippen LogP contribution in [-0.4, -0.2) is 15.9 Å². The molecule has 1 aromatic heterocycles. The highest BCUT2D eigenvalue weighted by molar-refractivity contribution is 5.90. The minimum atomic E-state index is -0.432. The first-order valence-electron chi connectivity index (χ1n) is 5.57. The van der Waals surface area contributed by atoms with Gasteiger partial charge in [-0.25, -0.2) is 9.37 Å². The summed E-state index contributed by atoms with van der Waals surface area (Å²) in [6.07, 6.45) is -0.0395. The number of amides is 1. The van der Waals surface area contributed by atoms with Gasteiger partial charge in [-0.3, -0.25) is 10.1 Å². The number of nitriles is 2. The fourth-order valence-electron chi connectivity index (χ4n) is 1.60. The van der Waals surface area contributed by atoms with Crippen molar-refractivity contribution in [2.75, 3.05) is 5.32 Å². The molecular weight excluding hydrogens is 261 g/mol. The molecule has 2 aromatic rings. The number of benzene rings is 1. The summed E-state index contributed by atoms with van der Waals surface area (Å²) < 4.78 is 13.0. The minimum Gasteiger partial charge on any atom is -0.314 e. The van der Waals surface area contributed by atoms with Crippen LogP contribution in [0.1, 0.15) is 17.0 Å². The number of nitrogens with one attached hydrogen (secondary N) is 2. The van der Waals surface area contributed by atoms with Crippen molar-refractivity contribution in [3.8, 4) is 12.1 Å². The maximum absolute atomic E-state index is 13.0. The fourth-order valence-corrected chi connectivity index (χ4v) is 1.60. The zero-order valence-electron chi connectivity index (χ0n) is 10.1. The molecule has 1 heterocycles. The van der Waals surface area contributed by atoms with Crippen molar-refractivity contribution in [1.82, 2.24) is 9.97 Å². The monoisotopic (exact) mass is 269 g/mol. The summed E-state index contributed by atoms with van der Waals surface area (Å²) in [6, 6.07) is 9.15. The first-order valence-corrected chi connectivity index (χ1v) is 5.57. The Morgan fingerprint density at radius 3 is 2.80 bits per heavy atom. The number of hydrogen-bond donors (Lipinski definition) is 2. The molecule has 0 radical (unpaired) electrons. The van der Waals surface area contributed by atoms with Crippen LogP contribution in [0.4, 0.5) is 10.3 Å². The van der Waals surface area contributed by atoms with Gasteiger partial charge in [0.05, 0.1) is 6.42 Å². The summed E-state index contributed by atoms with van der Waals surface area (Å²) >= 11 is 0. The molecule has 1 aromatic carbocycles. The van der Waals surface area contributed by atoms with Crippen LogP contribution in [0, 0.1) is 28.5 Å². The topological polar surface area (TPSA) is 105 Å². The lowest BCUT2D eigenvalue weighted by Gasteiger charge is -2.02. The molecule has 7 heteroatoms. The molecule has 0 bridgehead atoms. The molecule has 1 amide bonds. The molecule has 0 saturated carbocycles. The Kier molecular flexibility index (Phi) is 3.73. The second kappa shape index (κ2) is 5.63. The lowest BCUT2D eigenvalue weighted by atomic mass is 10.1. The lowest BCUT2D eigenvalue weighted by molar-refractivity contribution is -0.115. The molecule has 0 aliphatic carbocycles. The summed E-state index contributed by atoms with van der Waals surface area (Å²) in [5.41, 5.74) is 0.400. The predicted octanol–water partition coefficient (Wildman–Crippen LogP) is 1.47. The number of carbonyl (C=O) groups is 1. The van der Waals surface area contributed by atoms with Crippen LogP contribution in [0.15, 0.2) is 24.3 Å². The standard InChI is InChI=1S/C13H8FN5O/c14-9-3-1-2-8(4-9)5-12(20)19-13-17-10(6-15)11(7-16)18-13/h1-4H,5H2,(H2,17,18,19,20). The molecule has 0 aliphatic rings. The van der Waals surface area contributed by atoms with E-state index in [-0.39, 0.29) is 23.8 Å². The van der Waals surface area contributed by atoms with Gasteiger partial charge in [0.15, 0.2) is 11.4 Å². The maximum Gasteiger partial charge on any atom is 0.231 e. The van der Waals surface area contributed by atoms with E-state index in [2.05, 4.69) is 15.3 Å². The molecule has 98 valence electrons. The minimum absolute atomic E-state index is 0.0134. The molecular formula is C13H8FN5O. The summed E-state index contributed by atoms with van der Waals surface area (Å²) in [7, 11) is 0. The summed E-state index contributed by atoms with van der Waals surface area (Å²) in [6.45, 7) is 0. The van der Waals surface area contributed by atoms with E-state index in [0.717, 1.165) is 0 Å². The van der Waals surface area contributed by atoms with Crippen LogP contribution in [0.2, 0.25) is 0 Å². The van der Waals surface area contributed by atoms with E-state index >= 15 is 0 Å². The molecule has 2 rings (SSSR count). The molecule has 0 atom stereocenters. The number of nitrogens with zero attached hydrogens (tertiary/aromatic N) is 3. The van der Waals surface area contributed by atoms with E-state index in [1.807, 2.05) is 0 Å². The van der Waals surface area contributed by atoms with Crippen molar-refractivity contribution in [1.29, 1.82) is 10.5 Å². The highest BCUT2D eigenvalue weighted by atomic mass is 19.1. The largest absolute Gasteiger partial charge is 0.314 e. The predicted molar refractivity (Wildman–Crippen MR) is 66.8 cm³/mol. The first kappa shape index (κ1) is 13.2. The second-order valence-corrected chi connectivity index (χ2v) is 3.89. The third-order valence-electron chi connectivity index (χ3n) is 2.43. The van der Waals surface area contributed by atoms with Gasteiger partial charge in [-0.2, -0.15) is 10.5 Å². The van der Waals surface area contributed by atoms with Crippen LogP contribution >= 0.6 is 0 Å². The number of anilines is 1. The summed E-state index contributed by atoms with van der Waals surface area (Å²) in [5.74, 6) is -0.843. The van der Waals surface area contributed by atoms with Crippen molar-refractivity contribution in [3.05, 3.63) is 47.0 Å². The normalized spacial score (nSPS) is 9.55. The molecule has 0 saturated heterocycles. The lowest BCUT2D eigenvalue weighted by Crippen LogP contribution is -2.15. The fraction of sp³-hybridized carbons (Fsp3) is 0.0769. The van der Waals surface area contributed by atoms with Gasteiger partial charge in [0, 0.05) is 0 Å². The average molecular weight is 269 g/mol. The van der Waals surface area contributed by atoms with Crippen LogP contribution in [0.3, 0.4) is 0 Å². The van der Waals surface area contributed by atoms with E-state index in [9.17, 15) is 9.18 Å². The molecule has 6 nitrogen and oxygen atoms in total. The Bertz CT molecular complexity index is 706. The third-order valence-corrected chi connectivity index (χ3v) is 2.43. The second-order valence-electron chi connectivity index (χ2n) is 3.89. The van der Waals surface area contributed by atoms with Gasteiger partial charge in [0.1, 0.15) is 18.0 Å². The summed E-state index contributed by atoms with van der Waals surface area (Å²) in [5, 5.41) is 19.9.